The van der Waals surface area contributed by atoms with E-state index in [1.165, 1.54) is 0 Å². The lowest BCUT2D eigenvalue weighted by Crippen LogP contribution is -2.56. The van der Waals surface area contributed by atoms with Crippen molar-refractivity contribution >= 4 is 0 Å². The number of nitrogens with zero attached hydrogens (tertiary/aromatic N) is 1. The van der Waals surface area contributed by atoms with Gasteiger partial charge >= 0.3 is 0 Å². The second-order valence-corrected chi connectivity index (χ2v) is 6.02. The molecule has 0 spiro atoms. The first-order valence-corrected chi connectivity index (χ1v) is 7.06. The summed E-state index contributed by atoms with van der Waals surface area (Å²) < 4.78 is 11.0. The third kappa shape index (κ3) is 5.65. The Bertz CT molecular complexity index is 234. The lowest BCUT2D eigenvalue weighted by atomic mass is 10.0. The van der Waals surface area contributed by atoms with Crippen LogP contribution in [0.3, 0.4) is 0 Å². The molecule has 0 saturated carbocycles. The molecule has 2 atom stereocenters. The van der Waals surface area contributed by atoms with Gasteiger partial charge in [-0.2, -0.15) is 0 Å². The molecule has 0 radical (unpaired) electrons. The van der Waals surface area contributed by atoms with Crippen LogP contribution in [0.5, 0.6) is 0 Å². The Hall–Kier alpha value is -0.160. The Morgan fingerprint density at radius 1 is 1.50 bits per heavy atom. The maximum Gasteiger partial charge on any atom is 0.0757 e. The standard InChI is InChI=1S/C14H30N2O2/c1-12(9-15-7-6-8-17-5)16-10-13(2)18-14(3,4)11-16/h12-13,15H,6-11H2,1-5H3. The molecule has 1 aliphatic rings. The number of ether oxygens (including phenoxy) is 2. The zero-order valence-corrected chi connectivity index (χ0v) is 12.7. The summed E-state index contributed by atoms with van der Waals surface area (Å²) in [6.07, 6.45) is 1.40. The van der Waals surface area contributed by atoms with Gasteiger partial charge in [0.2, 0.25) is 0 Å². The Labute approximate surface area is 112 Å². The number of morpholine rings is 1. The lowest BCUT2D eigenvalue weighted by molar-refractivity contribution is -0.136. The fourth-order valence-corrected chi connectivity index (χ4v) is 2.62. The molecule has 0 aromatic carbocycles. The second kappa shape index (κ2) is 7.43. The van der Waals surface area contributed by atoms with Crippen molar-refractivity contribution in [3.8, 4) is 0 Å². The molecule has 0 aromatic heterocycles. The largest absolute Gasteiger partial charge is 0.385 e. The van der Waals surface area contributed by atoms with Crippen LogP contribution in [0.15, 0.2) is 0 Å². The third-order valence-electron chi connectivity index (χ3n) is 3.36. The summed E-state index contributed by atoms with van der Waals surface area (Å²) >= 11 is 0. The van der Waals surface area contributed by atoms with Gasteiger partial charge in [0.15, 0.2) is 0 Å². The van der Waals surface area contributed by atoms with Crippen molar-refractivity contribution in [3.63, 3.8) is 0 Å². The van der Waals surface area contributed by atoms with E-state index >= 15 is 0 Å². The number of nitrogens with one attached hydrogen (secondary N) is 1. The van der Waals surface area contributed by atoms with Gasteiger partial charge in [0.1, 0.15) is 0 Å². The molecule has 0 amide bonds. The summed E-state index contributed by atoms with van der Waals surface area (Å²) in [4.78, 5) is 2.53. The van der Waals surface area contributed by atoms with Crippen molar-refractivity contribution in [1.29, 1.82) is 0 Å². The first-order chi connectivity index (χ1) is 8.44. The Kier molecular flexibility index (Phi) is 6.57. The summed E-state index contributed by atoms with van der Waals surface area (Å²) in [6.45, 7) is 13.7. The van der Waals surface area contributed by atoms with E-state index in [2.05, 4.69) is 37.9 Å². The quantitative estimate of drug-likeness (QED) is 0.702. The molecule has 1 saturated heterocycles. The maximum absolute atomic E-state index is 5.93. The van der Waals surface area contributed by atoms with Crippen molar-refractivity contribution in [2.45, 2.75) is 51.9 Å². The van der Waals surface area contributed by atoms with Crippen molar-refractivity contribution in [2.75, 3.05) is 39.9 Å². The van der Waals surface area contributed by atoms with E-state index in [4.69, 9.17) is 9.47 Å². The van der Waals surface area contributed by atoms with Crippen LogP contribution in [0.4, 0.5) is 0 Å². The number of hydrogen-bond donors (Lipinski definition) is 1. The molecule has 4 heteroatoms. The monoisotopic (exact) mass is 258 g/mol. The van der Waals surface area contributed by atoms with Crippen molar-refractivity contribution < 1.29 is 9.47 Å². The van der Waals surface area contributed by atoms with Crippen molar-refractivity contribution in [3.05, 3.63) is 0 Å². The van der Waals surface area contributed by atoms with E-state index in [0.717, 1.165) is 39.2 Å². The fraction of sp³-hybridized carbons (Fsp3) is 1.00. The fourth-order valence-electron chi connectivity index (χ4n) is 2.62. The molecular formula is C14H30N2O2. The lowest BCUT2D eigenvalue weighted by Gasteiger charge is -2.44. The first kappa shape index (κ1) is 15.9. The Morgan fingerprint density at radius 2 is 2.22 bits per heavy atom. The minimum atomic E-state index is -0.0258. The van der Waals surface area contributed by atoms with Crippen LogP contribution in [-0.4, -0.2) is 62.5 Å². The second-order valence-electron chi connectivity index (χ2n) is 6.02. The third-order valence-corrected chi connectivity index (χ3v) is 3.36. The number of rotatable bonds is 7. The molecule has 0 aromatic rings. The highest BCUT2D eigenvalue weighted by Gasteiger charge is 2.33. The zero-order chi connectivity index (χ0) is 13.6. The van der Waals surface area contributed by atoms with Crippen LogP contribution >= 0.6 is 0 Å². The summed E-state index contributed by atoms with van der Waals surface area (Å²) in [5, 5.41) is 3.50. The molecule has 1 fully saturated rings. The number of methoxy groups -OCH3 is 1. The Morgan fingerprint density at radius 3 is 2.83 bits per heavy atom. The molecule has 0 aliphatic carbocycles. The molecule has 1 rings (SSSR count). The van der Waals surface area contributed by atoms with Gasteiger partial charge in [-0.3, -0.25) is 4.90 Å². The molecular weight excluding hydrogens is 228 g/mol. The van der Waals surface area contributed by atoms with Crippen LogP contribution in [0, 0.1) is 0 Å². The molecule has 1 aliphatic heterocycles. The smallest absolute Gasteiger partial charge is 0.0757 e. The summed E-state index contributed by atoms with van der Waals surface area (Å²) in [7, 11) is 1.75. The van der Waals surface area contributed by atoms with Gasteiger partial charge in [-0.25, -0.2) is 0 Å². The molecule has 4 nitrogen and oxygen atoms in total. The summed E-state index contributed by atoms with van der Waals surface area (Å²) in [5.74, 6) is 0. The van der Waals surface area contributed by atoms with Crippen LogP contribution in [0.25, 0.3) is 0 Å². The highest BCUT2D eigenvalue weighted by atomic mass is 16.5. The van der Waals surface area contributed by atoms with Gasteiger partial charge in [-0.1, -0.05) is 0 Å². The highest BCUT2D eigenvalue weighted by molar-refractivity contribution is 4.85. The van der Waals surface area contributed by atoms with E-state index < -0.39 is 0 Å². The van der Waals surface area contributed by atoms with E-state index in [1.54, 1.807) is 7.11 Å². The predicted octanol–water partition coefficient (Wildman–Crippen LogP) is 1.50. The minimum Gasteiger partial charge on any atom is -0.385 e. The van der Waals surface area contributed by atoms with Gasteiger partial charge in [-0.05, 0) is 40.7 Å². The van der Waals surface area contributed by atoms with Crippen molar-refractivity contribution in [2.24, 2.45) is 0 Å². The van der Waals surface area contributed by atoms with Crippen LogP contribution in [-0.2, 0) is 9.47 Å². The van der Waals surface area contributed by atoms with Gasteiger partial charge in [-0.15, -0.1) is 0 Å². The van der Waals surface area contributed by atoms with E-state index in [9.17, 15) is 0 Å². The first-order valence-electron chi connectivity index (χ1n) is 7.06. The molecule has 108 valence electrons. The van der Waals surface area contributed by atoms with Crippen LogP contribution in [0.2, 0.25) is 0 Å². The van der Waals surface area contributed by atoms with Gasteiger partial charge in [0.05, 0.1) is 11.7 Å². The highest BCUT2D eigenvalue weighted by Crippen LogP contribution is 2.22. The van der Waals surface area contributed by atoms with Crippen LogP contribution in [0.1, 0.15) is 34.1 Å². The average molecular weight is 258 g/mol. The van der Waals surface area contributed by atoms with Crippen LogP contribution < -0.4 is 5.32 Å². The Balaban J connectivity index is 2.26. The van der Waals surface area contributed by atoms with Gasteiger partial charge in [0, 0.05) is 39.4 Å². The molecule has 2 unspecified atom stereocenters. The molecule has 0 bridgehead atoms. The molecule has 1 heterocycles. The maximum atomic E-state index is 5.93. The SMILES string of the molecule is COCCCNCC(C)N1CC(C)OC(C)(C)C1. The van der Waals surface area contributed by atoms with Gasteiger partial charge in [0.25, 0.3) is 0 Å². The zero-order valence-electron chi connectivity index (χ0n) is 12.7. The van der Waals surface area contributed by atoms with E-state index in [0.29, 0.717) is 12.1 Å². The average Bonchev–Trinajstić information content (AvgIpc) is 2.25. The molecule has 18 heavy (non-hydrogen) atoms. The summed E-state index contributed by atoms with van der Waals surface area (Å²) in [6, 6.07) is 0.554. The number of hydrogen-bond acceptors (Lipinski definition) is 4. The molecule has 1 N–H and O–H groups in total. The predicted molar refractivity (Wildman–Crippen MR) is 75.0 cm³/mol. The minimum absolute atomic E-state index is 0.0258. The van der Waals surface area contributed by atoms with E-state index in [-0.39, 0.29) is 5.60 Å². The van der Waals surface area contributed by atoms with E-state index in [1.807, 2.05) is 0 Å². The van der Waals surface area contributed by atoms with Gasteiger partial charge < -0.3 is 14.8 Å². The van der Waals surface area contributed by atoms with Crippen molar-refractivity contribution in [1.82, 2.24) is 10.2 Å². The topological polar surface area (TPSA) is 33.7 Å². The summed E-state index contributed by atoms with van der Waals surface area (Å²) in [5.41, 5.74) is -0.0258. The normalized spacial score (nSPS) is 26.2.